The SMILES string of the molecule is CCNC(=NCC1(O)CCC1)NCC(CC)Oc1cccc(F)c1.I. The van der Waals surface area contributed by atoms with Crippen LogP contribution in [0.2, 0.25) is 0 Å². The van der Waals surface area contributed by atoms with Gasteiger partial charge in [0.1, 0.15) is 17.7 Å². The van der Waals surface area contributed by atoms with Gasteiger partial charge in [0.2, 0.25) is 0 Å². The van der Waals surface area contributed by atoms with E-state index in [9.17, 15) is 9.50 Å². The molecule has 1 fully saturated rings. The number of rotatable bonds is 8. The Balaban J connectivity index is 0.00000312. The minimum absolute atomic E-state index is 0. The summed E-state index contributed by atoms with van der Waals surface area (Å²) in [6, 6.07) is 6.16. The van der Waals surface area contributed by atoms with Gasteiger partial charge in [-0.25, -0.2) is 4.39 Å². The lowest BCUT2D eigenvalue weighted by atomic mass is 9.80. The van der Waals surface area contributed by atoms with Gasteiger partial charge in [0, 0.05) is 12.6 Å². The number of nitrogens with zero attached hydrogens (tertiary/aromatic N) is 1. The van der Waals surface area contributed by atoms with E-state index in [1.165, 1.54) is 12.1 Å². The van der Waals surface area contributed by atoms with Gasteiger partial charge in [-0.2, -0.15) is 0 Å². The largest absolute Gasteiger partial charge is 0.489 e. The molecule has 1 aliphatic carbocycles. The molecule has 0 radical (unpaired) electrons. The number of hydrogen-bond donors (Lipinski definition) is 3. The summed E-state index contributed by atoms with van der Waals surface area (Å²) in [5.41, 5.74) is -0.634. The molecule has 1 aliphatic rings. The number of halogens is 2. The molecule has 1 unspecified atom stereocenters. The van der Waals surface area contributed by atoms with Gasteiger partial charge in [-0.3, -0.25) is 4.99 Å². The predicted molar refractivity (Wildman–Crippen MR) is 109 cm³/mol. The minimum Gasteiger partial charge on any atom is -0.489 e. The molecule has 1 aromatic rings. The fraction of sp³-hybridized carbons (Fsp3) is 0.611. The lowest BCUT2D eigenvalue weighted by Crippen LogP contribution is -2.45. The Labute approximate surface area is 166 Å². The van der Waals surface area contributed by atoms with E-state index >= 15 is 0 Å². The molecule has 25 heavy (non-hydrogen) atoms. The summed E-state index contributed by atoms with van der Waals surface area (Å²) >= 11 is 0. The van der Waals surface area contributed by atoms with Gasteiger partial charge in [-0.05, 0) is 44.7 Å². The maximum atomic E-state index is 13.2. The van der Waals surface area contributed by atoms with Crippen LogP contribution >= 0.6 is 24.0 Å². The van der Waals surface area contributed by atoms with E-state index in [1.807, 2.05) is 13.8 Å². The summed E-state index contributed by atoms with van der Waals surface area (Å²) in [5, 5.41) is 16.6. The van der Waals surface area contributed by atoms with Gasteiger partial charge in [-0.1, -0.05) is 13.0 Å². The van der Waals surface area contributed by atoms with Crippen LogP contribution in [0.15, 0.2) is 29.3 Å². The van der Waals surface area contributed by atoms with E-state index < -0.39 is 5.60 Å². The Bertz CT molecular complexity index is 553. The average molecular weight is 465 g/mol. The van der Waals surface area contributed by atoms with Gasteiger partial charge in [0.15, 0.2) is 5.96 Å². The van der Waals surface area contributed by atoms with Crippen LogP contribution in [0.1, 0.15) is 39.5 Å². The van der Waals surface area contributed by atoms with Crippen molar-refractivity contribution in [1.29, 1.82) is 0 Å². The number of nitrogens with one attached hydrogen (secondary N) is 2. The molecule has 0 saturated heterocycles. The van der Waals surface area contributed by atoms with Crippen molar-refractivity contribution < 1.29 is 14.2 Å². The van der Waals surface area contributed by atoms with Crippen molar-refractivity contribution in [3.63, 3.8) is 0 Å². The summed E-state index contributed by atoms with van der Waals surface area (Å²) in [6.45, 7) is 5.72. The summed E-state index contributed by atoms with van der Waals surface area (Å²) in [6.07, 6.45) is 3.39. The topological polar surface area (TPSA) is 65.9 Å². The first-order valence-electron chi connectivity index (χ1n) is 8.71. The highest BCUT2D eigenvalue weighted by atomic mass is 127. The Kier molecular flexibility index (Phi) is 9.48. The summed E-state index contributed by atoms with van der Waals surface area (Å²) in [4.78, 5) is 4.46. The number of hydrogen-bond acceptors (Lipinski definition) is 3. The minimum atomic E-state index is -0.634. The monoisotopic (exact) mass is 465 g/mol. The lowest BCUT2D eigenvalue weighted by Gasteiger charge is -2.35. The molecule has 1 atom stereocenters. The molecule has 0 heterocycles. The molecule has 5 nitrogen and oxygen atoms in total. The van der Waals surface area contributed by atoms with Crippen molar-refractivity contribution in [3.8, 4) is 5.75 Å². The highest BCUT2D eigenvalue weighted by Gasteiger charge is 2.34. The molecule has 1 saturated carbocycles. The summed E-state index contributed by atoms with van der Waals surface area (Å²) < 4.78 is 19.1. The number of benzene rings is 1. The first kappa shape index (κ1) is 22.0. The van der Waals surface area contributed by atoms with Crippen molar-refractivity contribution in [2.45, 2.75) is 51.2 Å². The molecule has 0 amide bonds. The highest BCUT2D eigenvalue weighted by molar-refractivity contribution is 14.0. The van der Waals surface area contributed by atoms with Crippen LogP contribution in [0.25, 0.3) is 0 Å². The quantitative estimate of drug-likeness (QED) is 0.314. The molecule has 7 heteroatoms. The third kappa shape index (κ3) is 7.35. The van der Waals surface area contributed by atoms with E-state index in [1.54, 1.807) is 12.1 Å². The number of ether oxygens (including phenoxy) is 1. The fourth-order valence-electron chi connectivity index (χ4n) is 2.52. The molecule has 1 aromatic carbocycles. The normalized spacial score (nSPS) is 17.0. The zero-order valence-electron chi connectivity index (χ0n) is 14.9. The Morgan fingerprint density at radius 1 is 1.36 bits per heavy atom. The molecular weight excluding hydrogens is 436 g/mol. The van der Waals surface area contributed by atoms with Crippen LogP contribution in [0.3, 0.4) is 0 Å². The molecular formula is C18H29FIN3O2. The van der Waals surface area contributed by atoms with Crippen molar-refractivity contribution >= 4 is 29.9 Å². The molecule has 0 aromatic heterocycles. The average Bonchev–Trinajstić information content (AvgIpc) is 2.54. The van der Waals surface area contributed by atoms with Crippen LogP contribution in [-0.4, -0.2) is 42.4 Å². The number of aliphatic imine (C=N–C) groups is 1. The second-order valence-corrected chi connectivity index (χ2v) is 6.26. The predicted octanol–water partition coefficient (Wildman–Crippen LogP) is 3.07. The van der Waals surface area contributed by atoms with E-state index in [2.05, 4.69) is 15.6 Å². The molecule has 0 aliphatic heterocycles. The zero-order chi connectivity index (χ0) is 17.4. The van der Waals surface area contributed by atoms with Crippen LogP contribution in [-0.2, 0) is 0 Å². The van der Waals surface area contributed by atoms with E-state index in [4.69, 9.17) is 4.74 Å². The van der Waals surface area contributed by atoms with Crippen molar-refractivity contribution in [2.24, 2.45) is 4.99 Å². The second-order valence-electron chi connectivity index (χ2n) is 6.26. The standard InChI is InChI=1S/C18H28FN3O2.HI/c1-3-15(24-16-8-5-7-14(19)11-16)12-21-17(20-4-2)22-13-18(23)9-6-10-18;/h5,7-8,11,15,23H,3-4,6,9-10,12-13H2,1-2H3,(H2,20,21,22);1H. The number of aliphatic hydroxyl groups is 1. The Morgan fingerprint density at radius 2 is 2.12 bits per heavy atom. The highest BCUT2D eigenvalue weighted by Crippen LogP contribution is 2.31. The molecule has 2 rings (SSSR count). The first-order valence-corrected chi connectivity index (χ1v) is 8.71. The summed E-state index contributed by atoms with van der Waals surface area (Å²) in [7, 11) is 0. The molecule has 142 valence electrons. The van der Waals surface area contributed by atoms with Crippen LogP contribution in [0.5, 0.6) is 5.75 Å². The van der Waals surface area contributed by atoms with Gasteiger partial charge in [0.05, 0.1) is 18.7 Å². The van der Waals surface area contributed by atoms with Gasteiger partial charge in [-0.15, -0.1) is 24.0 Å². The third-order valence-electron chi connectivity index (χ3n) is 4.21. The third-order valence-corrected chi connectivity index (χ3v) is 4.21. The van der Waals surface area contributed by atoms with E-state index in [-0.39, 0.29) is 35.9 Å². The molecule has 0 bridgehead atoms. The fourth-order valence-corrected chi connectivity index (χ4v) is 2.52. The van der Waals surface area contributed by atoms with E-state index in [0.29, 0.717) is 24.8 Å². The summed E-state index contributed by atoms with van der Waals surface area (Å²) in [5.74, 6) is 0.882. The smallest absolute Gasteiger partial charge is 0.191 e. The van der Waals surface area contributed by atoms with Crippen molar-refractivity contribution in [2.75, 3.05) is 19.6 Å². The second kappa shape index (κ2) is 10.8. The maximum Gasteiger partial charge on any atom is 0.191 e. The van der Waals surface area contributed by atoms with Crippen LogP contribution in [0.4, 0.5) is 4.39 Å². The van der Waals surface area contributed by atoms with Crippen LogP contribution in [0, 0.1) is 5.82 Å². The van der Waals surface area contributed by atoms with Crippen LogP contribution < -0.4 is 15.4 Å². The molecule has 3 N–H and O–H groups in total. The Hall–Kier alpha value is -1.09. The Morgan fingerprint density at radius 3 is 2.68 bits per heavy atom. The zero-order valence-corrected chi connectivity index (χ0v) is 17.3. The maximum absolute atomic E-state index is 13.2. The van der Waals surface area contributed by atoms with Crippen molar-refractivity contribution in [3.05, 3.63) is 30.1 Å². The molecule has 0 spiro atoms. The number of guanidine groups is 1. The lowest BCUT2D eigenvalue weighted by molar-refractivity contribution is -0.0236. The van der Waals surface area contributed by atoms with Gasteiger partial charge in [0.25, 0.3) is 0 Å². The van der Waals surface area contributed by atoms with Gasteiger partial charge < -0.3 is 20.5 Å². The van der Waals surface area contributed by atoms with Crippen molar-refractivity contribution in [1.82, 2.24) is 10.6 Å². The van der Waals surface area contributed by atoms with Gasteiger partial charge >= 0.3 is 0 Å². The van der Waals surface area contributed by atoms with E-state index in [0.717, 1.165) is 32.2 Å². The first-order chi connectivity index (χ1) is 11.5.